The normalized spacial score (nSPS) is 15.1. The minimum atomic E-state index is -0.990. The molecule has 0 atom stereocenters. The van der Waals surface area contributed by atoms with Crippen molar-refractivity contribution in [1.29, 1.82) is 0 Å². The number of benzene rings is 1. The van der Waals surface area contributed by atoms with Crippen LogP contribution in [-0.4, -0.2) is 26.1 Å². The van der Waals surface area contributed by atoms with E-state index in [1.165, 1.54) is 24.2 Å². The van der Waals surface area contributed by atoms with Crippen LogP contribution in [0.4, 0.5) is 0 Å². The number of thioether (sulfide) groups is 1. The van der Waals surface area contributed by atoms with Crippen LogP contribution in [0.3, 0.4) is 0 Å². The second-order valence-electron chi connectivity index (χ2n) is 5.01. The predicted octanol–water partition coefficient (Wildman–Crippen LogP) is 3.43. The fraction of sp³-hybridized carbons (Fsp3) is 0.333. The zero-order chi connectivity index (χ0) is 14.1. The molecule has 1 aromatic heterocycles. The molecule has 0 spiro atoms. The SMILES string of the molecule is Cn1nc(C(=O)O)cc1-c1ccccc1SC1CCC1. The molecule has 1 heterocycles. The van der Waals surface area contributed by atoms with Gasteiger partial charge in [-0.3, -0.25) is 4.68 Å². The number of carboxylic acid groups (broad SMARTS) is 1. The highest BCUT2D eigenvalue weighted by atomic mass is 32.2. The van der Waals surface area contributed by atoms with E-state index in [2.05, 4.69) is 11.2 Å². The lowest BCUT2D eigenvalue weighted by atomic mass is 10.00. The smallest absolute Gasteiger partial charge is 0.356 e. The molecule has 0 saturated heterocycles. The van der Waals surface area contributed by atoms with Crippen molar-refractivity contribution >= 4 is 17.7 Å². The fourth-order valence-electron chi connectivity index (χ4n) is 2.27. The molecule has 20 heavy (non-hydrogen) atoms. The van der Waals surface area contributed by atoms with E-state index in [0.29, 0.717) is 5.25 Å². The highest BCUT2D eigenvalue weighted by Crippen LogP contribution is 2.40. The van der Waals surface area contributed by atoms with Gasteiger partial charge in [0.25, 0.3) is 0 Å². The quantitative estimate of drug-likeness (QED) is 0.936. The zero-order valence-corrected chi connectivity index (χ0v) is 12.1. The minimum Gasteiger partial charge on any atom is -0.476 e. The van der Waals surface area contributed by atoms with Crippen molar-refractivity contribution in [3.63, 3.8) is 0 Å². The standard InChI is InChI=1S/C15H16N2O2S/c1-17-13(9-12(16-17)15(18)19)11-7-2-3-8-14(11)20-10-5-4-6-10/h2-3,7-10H,4-6H2,1H3,(H,18,19). The Morgan fingerprint density at radius 2 is 2.15 bits per heavy atom. The van der Waals surface area contributed by atoms with Gasteiger partial charge in [0, 0.05) is 22.8 Å². The van der Waals surface area contributed by atoms with Gasteiger partial charge in [-0.1, -0.05) is 24.6 Å². The fourth-order valence-corrected chi connectivity index (χ4v) is 3.66. The number of aromatic nitrogens is 2. The third-order valence-electron chi connectivity index (χ3n) is 3.61. The van der Waals surface area contributed by atoms with E-state index in [0.717, 1.165) is 11.3 Å². The van der Waals surface area contributed by atoms with Crippen LogP contribution in [0.2, 0.25) is 0 Å². The predicted molar refractivity (Wildman–Crippen MR) is 79.1 cm³/mol. The Hall–Kier alpha value is -1.75. The highest BCUT2D eigenvalue weighted by molar-refractivity contribution is 8.00. The summed E-state index contributed by atoms with van der Waals surface area (Å²) in [4.78, 5) is 12.2. The van der Waals surface area contributed by atoms with Gasteiger partial charge >= 0.3 is 5.97 Å². The molecule has 104 valence electrons. The lowest BCUT2D eigenvalue weighted by Gasteiger charge is -2.25. The second kappa shape index (κ2) is 5.32. The molecule has 0 amide bonds. The van der Waals surface area contributed by atoms with E-state index < -0.39 is 5.97 Å². The maximum absolute atomic E-state index is 11.0. The largest absolute Gasteiger partial charge is 0.476 e. The number of aromatic carboxylic acids is 1. The van der Waals surface area contributed by atoms with Gasteiger partial charge in [0.1, 0.15) is 0 Å². The Morgan fingerprint density at radius 3 is 2.75 bits per heavy atom. The number of hydrogen-bond acceptors (Lipinski definition) is 3. The van der Waals surface area contributed by atoms with Crippen molar-refractivity contribution in [2.75, 3.05) is 0 Å². The molecule has 0 radical (unpaired) electrons. The van der Waals surface area contributed by atoms with Gasteiger partial charge in [-0.15, -0.1) is 11.8 Å². The molecule has 0 aliphatic heterocycles. The molecular weight excluding hydrogens is 272 g/mol. The summed E-state index contributed by atoms with van der Waals surface area (Å²) in [6, 6.07) is 9.78. The van der Waals surface area contributed by atoms with E-state index in [-0.39, 0.29) is 5.69 Å². The van der Waals surface area contributed by atoms with Gasteiger partial charge in [0.05, 0.1) is 5.69 Å². The van der Waals surface area contributed by atoms with Crippen molar-refractivity contribution in [2.45, 2.75) is 29.4 Å². The molecule has 1 saturated carbocycles. The van der Waals surface area contributed by atoms with Gasteiger partial charge in [-0.05, 0) is 25.0 Å². The number of hydrogen-bond donors (Lipinski definition) is 1. The first kappa shape index (κ1) is 13.2. The molecule has 0 bridgehead atoms. The van der Waals surface area contributed by atoms with E-state index in [1.54, 1.807) is 17.8 Å². The maximum atomic E-state index is 11.0. The van der Waals surface area contributed by atoms with Gasteiger partial charge in [-0.25, -0.2) is 4.79 Å². The Balaban J connectivity index is 1.98. The van der Waals surface area contributed by atoms with Crippen LogP contribution in [0.15, 0.2) is 35.2 Å². The van der Waals surface area contributed by atoms with E-state index in [1.807, 2.05) is 30.0 Å². The summed E-state index contributed by atoms with van der Waals surface area (Å²) in [5.74, 6) is -0.990. The number of nitrogens with zero attached hydrogens (tertiary/aromatic N) is 2. The first-order valence-electron chi connectivity index (χ1n) is 6.68. The summed E-state index contributed by atoms with van der Waals surface area (Å²) in [6.45, 7) is 0. The Morgan fingerprint density at radius 1 is 1.40 bits per heavy atom. The molecule has 4 nitrogen and oxygen atoms in total. The van der Waals surface area contributed by atoms with Gasteiger partial charge in [0.2, 0.25) is 0 Å². The lowest BCUT2D eigenvalue weighted by molar-refractivity contribution is 0.0689. The average molecular weight is 288 g/mol. The summed E-state index contributed by atoms with van der Waals surface area (Å²) < 4.78 is 1.64. The molecule has 2 aromatic rings. The van der Waals surface area contributed by atoms with E-state index >= 15 is 0 Å². The van der Waals surface area contributed by atoms with Crippen LogP contribution in [0.25, 0.3) is 11.3 Å². The van der Waals surface area contributed by atoms with E-state index in [9.17, 15) is 4.79 Å². The number of aryl methyl sites for hydroxylation is 1. The summed E-state index contributed by atoms with van der Waals surface area (Å²) in [7, 11) is 1.78. The lowest BCUT2D eigenvalue weighted by Crippen LogP contribution is -2.12. The van der Waals surface area contributed by atoms with Gasteiger partial charge in [-0.2, -0.15) is 5.10 Å². The van der Waals surface area contributed by atoms with Crippen LogP contribution in [0.1, 0.15) is 29.8 Å². The van der Waals surface area contributed by atoms with Gasteiger partial charge in [0.15, 0.2) is 5.69 Å². The van der Waals surface area contributed by atoms with Crippen LogP contribution >= 0.6 is 11.8 Å². The van der Waals surface area contributed by atoms with E-state index in [4.69, 9.17) is 5.11 Å². The molecule has 5 heteroatoms. The Bertz CT molecular complexity index is 647. The van der Waals surface area contributed by atoms with Crippen LogP contribution in [0, 0.1) is 0 Å². The highest BCUT2D eigenvalue weighted by Gasteiger charge is 2.21. The third kappa shape index (κ3) is 2.45. The van der Waals surface area contributed by atoms with Crippen molar-refractivity contribution in [3.8, 4) is 11.3 Å². The topological polar surface area (TPSA) is 55.1 Å². The van der Waals surface area contributed by atoms with Crippen molar-refractivity contribution in [1.82, 2.24) is 9.78 Å². The first-order valence-corrected chi connectivity index (χ1v) is 7.56. The number of carboxylic acids is 1. The second-order valence-corrected chi connectivity index (χ2v) is 6.35. The van der Waals surface area contributed by atoms with Crippen molar-refractivity contribution in [2.24, 2.45) is 7.05 Å². The number of carbonyl (C=O) groups is 1. The zero-order valence-electron chi connectivity index (χ0n) is 11.2. The van der Waals surface area contributed by atoms with Crippen LogP contribution < -0.4 is 0 Å². The summed E-state index contributed by atoms with van der Waals surface area (Å²) in [5.41, 5.74) is 2.00. The Labute approximate surface area is 121 Å². The molecule has 1 N–H and O–H groups in total. The molecule has 1 fully saturated rings. The van der Waals surface area contributed by atoms with Crippen molar-refractivity contribution < 1.29 is 9.90 Å². The van der Waals surface area contributed by atoms with Crippen LogP contribution in [-0.2, 0) is 7.05 Å². The first-order chi connectivity index (χ1) is 9.65. The molecular formula is C15H16N2O2S. The molecule has 1 aromatic carbocycles. The minimum absolute atomic E-state index is 0.0888. The van der Waals surface area contributed by atoms with Crippen LogP contribution in [0.5, 0.6) is 0 Å². The monoisotopic (exact) mass is 288 g/mol. The van der Waals surface area contributed by atoms with Crippen molar-refractivity contribution in [3.05, 3.63) is 36.0 Å². The summed E-state index contributed by atoms with van der Waals surface area (Å²) in [6.07, 6.45) is 3.85. The molecule has 1 aliphatic rings. The Kier molecular flexibility index (Phi) is 3.53. The summed E-state index contributed by atoms with van der Waals surface area (Å²) in [5, 5.41) is 13.8. The molecule has 1 aliphatic carbocycles. The molecule has 0 unspecified atom stereocenters. The summed E-state index contributed by atoms with van der Waals surface area (Å²) >= 11 is 1.89. The molecule has 3 rings (SSSR count). The number of rotatable bonds is 4. The third-order valence-corrected chi connectivity index (χ3v) is 5.02. The average Bonchev–Trinajstić information content (AvgIpc) is 2.77. The van der Waals surface area contributed by atoms with Gasteiger partial charge < -0.3 is 5.11 Å². The maximum Gasteiger partial charge on any atom is 0.356 e.